The fraction of sp³-hybridized carbons (Fsp3) is 0.227. The van der Waals surface area contributed by atoms with Crippen molar-refractivity contribution in [1.82, 2.24) is 14.8 Å². The monoisotopic (exact) mass is 429 g/mol. The van der Waals surface area contributed by atoms with Crippen molar-refractivity contribution in [1.29, 1.82) is 0 Å². The van der Waals surface area contributed by atoms with E-state index in [9.17, 15) is 0 Å². The third-order valence-electron chi connectivity index (χ3n) is 3.97. The number of nitrogens with one attached hydrogen (secondary N) is 1. The summed E-state index contributed by atoms with van der Waals surface area (Å²) in [6, 6.07) is 15.0. The lowest BCUT2D eigenvalue weighted by Gasteiger charge is -2.13. The predicted molar refractivity (Wildman–Crippen MR) is 122 cm³/mol. The molecule has 0 atom stereocenters. The van der Waals surface area contributed by atoms with E-state index in [1.807, 2.05) is 50.2 Å². The molecule has 2 heterocycles. The molecule has 0 radical (unpaired) electrons. The molecular formula is C22H25Cl2N5. The maximum absolute atomic E-state index is 6.13. The summed E-state index contributed by atoms with van der Waals surface area (Å²) in [6.45, 7) is 8.86. The summed E-state index contributed by atoms with van der Waals surface area (Å²) in [7, 11) is 1.71. The number of benzene rings is 1. The Kier molecular flexibility index (Phi) is 8.90. The molecule has 3 rings (SSSR count). The first-order chi connectivity index (χ1) is 14.1. The van der Waals surface area contributed by atoms with E-state index in [1.54, 1.807) is 30.1 Å². The van der Waals surface area contributed by atoms with Crippen LogP contribution in [0.2, 0.25) is 10.0 Å². The van der Waals surface area contributed by atoms with Gasteiger partial charge < -0.3 is 5.32 Å². The van der Waals surface area contributed by atoms with Crippen molar-refractivity contribution in [3.05, 3.63) is 88.1 Å². The molecule has 1 aromatic carbocycles. The van der Waals surface area contributed by atoms with Gasteiger partial charge in [-0.3, -0.25) is 9.98 Å². The van der Waals surface area contributed by atoms with Gasteiger partial charge in [0.25, 0.3) is 0 Å². The highest BCUT2D eigenvalue weighted by molar-refractivity contribution is 6.42. The summed E-state index contributed by atoms with van der Waals surface area (Å²) in [4.78, 5) is 8.59. The lowest BCUT2D eigenvalue weighted by Crippen LogP contribution is -2.24. The van der Waals surface area contributed by atoms with Gasteiger partial charge in [-0.2, -0.15) is 0 Å². The van der Waals surface area contributed by atoms with Crippen LogP contribution in [0.25, 0.3) is 5.70 Å². The zero-order valence-electron chi connectivity index (χ0n) is 16.9. The Bertz CT molecular complexity index is 1010. The normalized spacial score (nSPS) is 10.9. The van der Waals surface area contributed by atoms with E-state index in [2.05, 4.69) is 27.0 Å². The Morgan fingerprint density at radius 1 is 1.10 bits per heavy atom. The van der Waals surface area contributed by atoms with E-state index in [4.69, 9.17) is 23.2 Å². The standard InChI is InChI=1S/C20H19Cl2N5.C2H6/c1-14(15-6-7-17(21)18(22)13-15)27-20(23-2)9-8-19(26-27)25-12-10-16-5-3-4-11-24-16;1-2/h3-9,11,13H,1,10,12H2,2H3,(H,25,26);1-2H3. The fourth-order valence-electron chi connectivity index (χ4n) is 2.54. The van der Waals surface area contributed by atoms with Crippen LogP contribution in [0.3, 0.4) is 0 Å². The van der Waals surface area contributed by atoms with Crippen LogP contribution in [0.15, 0.2) is 66.3 Å². The van der Waals surface area contributed by atoms with Gasteiger partial charge in [-0.05, 0) is 36.4 Å². The van der Waals surface area contributed by atoms with Crippen molar-refractivity contribution in [3.8, 4) is 0 Å². The number of rotatable bonds is 6. The maximum atomic E-state index is 6.13. The summed E-state index contributed by atoms with van der Waals surface area (Å²) < 4.78 is 1.68. The van der Waals surface area contributed by atoms with Crippen LogP contribution in [-0.4, -0.2) is 28.4 Å². The molecular weight excluding hydrogens is 405 g/mol. The molecule has 3 aromatic rings. The number of nitrogens with zero attached hydrogens (tertiary/aromatic N) is 4. The Morgan fingerprint density at radius 3 is 2.55 bits per heavy atom. The average molecular weight is 430 g/mol. The lowest BCUT2D eigenvalue weighted by atomic mass is 10.2. The van der Waals surface area contributed by atoms with Crippen LogP contribution >= 0.6 is 23.2 Å². The largest absolute Gasteiger partial charge is 0.368 e. The molecule has 152 valence electrons. The molecule has 2 aromatic heterocycles. The molecule has 0 spiro atoms. The van der Waals surface area contributed by atoms with Crippen LogP contribution in [0.1, 0.15) is 25.1 Å². The van der Waals surface area contributed by atoms with E-state index >= 15 is 0 Å². The molecule has 0 fully saturated rings. The van der Waals surface area contributed by atoms with E-state index in [0.29, 0.717) is 27.8 Å². The first-order valence-electron chi connectivity index (χ1n) is 9.40. The minimum absolute atomic E-state index is 0.468. The van der Waals surface area contributed by atoms with E-state index in [1.165, 1.54) is 0 Å². The highest BCUT2D eigenvalue weighted by Crippen LogP contribution is 2.25. The minimum Gasteiger partial charge on any atom is -0.368 e. The number of pyridine rings is 1. The van der Waals surface area contributed by atoms with Crippen LogP contribution in [0.4, 0.5) is 5.82 Å². The summed E-state index contributed by atoms with van der Waals surface area (Å²) in [5.74, 6) is 0.722. The Morgan fingerprint density at radius 2 is 1.90 bits per heavy atom. The highest BCUT2D eigenvalue weighted by Gasteiger charge is 2.08. The molecule has 0 bridgehead atoms. The zero-order valence-corrected chi connectivity index (χ0v) is 18.4. The molecule has 0 aliphatic rings. The summed E-state index contributed by atoms with van der Waals surface area (Å²) in [6.07, 6.45) is 2.59. The third-order valence-corrected chi connectivity index (χ3v) is 4.71. The Balaban J connectivity index is 0.00000145. The molecule has 0 saturated heterocycles. The number of aromatic nitrogens is 3. The van der Waals surface area contributed by atoms with Crippen molar-refractivity contribution >= 4 is 34.7 Å². The topological polar surface area (TPSA) is 55.1 Å². The number of halogens is 2. The van der Waals surface area contributed by atoms with Crippen molar-refractivity contribution in [2.75, 3.05) is 18.9 Å². The SMILES string of the molecule is C=C(c1ccc(Cl)c(Cl)c1)n1nc(NCCc2ccccn2)ccc1=NC.CC. The maximum Gasteiger partial charge on any atom is 0.149 e. The minimum atomic E-state index is 0.468. The van der Waals surface area contributed by atoms with Gasteiger partial charge in [0.15, 0.2) is 0 Å². The number of hydrogen-bond acceptors (Lipinski definition) is 4. The molecule has 0 amide bonds. The quantitative estimate of drug-likeness (QED) is 0.576. The van der Waals surface area contributed by atoms with Crippen LogP contribution < -0.4 is 10.8 Å². The second-order valence-corrected chi connectivity index (χ2v) is 6.60. The van der Waals surface area contributed by atoms with Gasteiger partial charge in [-0.1, -0.05) is 55.8 Å². The second kappa shape index (κ2) is 11.4. The predicted octanol–water partition coefficient (Wildman–Crippen LogP) is 5.32. The Hall–Kier alpha value is -2.63. The highest BCUT2D eigenvalue weighted by atomic mass is 35.5. The van der Waals surface area contributed by atoms with E-state index < -0.39 is 0 Å². The molecule has 0 saturated carbocycles. The molecule has 5 nitrogen and oxygen atoms in total. The van der Waals surface area contributed by atoms with Crippen LogP contribution in [-0.2, 0) is 6.42 Å². The zero-order chi connectivity index (χ0) is 21.2. The summed E-state index contributed by atoms with van der Waals surface area (Å²) in [5, 5.41) is 8.89. The molecule has 29 heavy (non-hydrogen) atoms. The molecule has 0 unspecified atom stereocenters. The van der Waals surface area contributed by atoms with Gasteiger partial charge in [0, 0.05) is 37.5 Å². The van der Waals surface area contributed by atoms with Crippen molar-refractivity contribution in [2.45, 2.75) is 20.3 Å². The second-order valence-electron chi connectivity index (χ2n) is 5.79. The van der Waals surface area contributed by atoms with Crippen molar-refractivity contribution in [2.24, 2.45) is 4.99 Å². The Labute approximate surface area is 181 Å². The number of hydrogen-bond donors (Lipinski definition) is 1. The number of anilines is 1. The molecule has 0 aliphatic carbocycles. The van der Waals surface area contributed by atoms with Crippen molar-refractivity contribution in [3.63, 3.8) is 0 Å². The van der Waals surface area contributed by atoms with E-state index in [0.717, 1.165) is 23.5 Å². The molecule has 7 heteroatoms. The van der Waals surface area contributed by atoms with Gasteiger partial charge in [-0.15, -0.1) is 5.10 Å². The summed E-state index contributed by atoms with van der Waals surface area (Å²) >= 11 is 12.1. The van der Waals surface area contributed by atoms with Crippen LogP contribution in [0, 0.1) is 0 Å². The first kappa shape index (κ1) is 22.7. The fourth-order valence-corrected chi connectivity index (χ4v) is 2.84. The molecule has 0 aliphatic heterocycles. The smallest absolute Gasteiger partial charge is 0.149 e. The third kappa shape index (κ3) is 6.17. The molecule has 1 N–H and O–H groups in total. The first-order valence-corrected chi connectivity index (χ1v) is 10.2. The van der Waals surface area contributed by atoms with Gasteiger partial charge in [0.05, 0.1) is 15.7 Å². The lowest BCUT2D eigenvalue weighted by molar-refractivity contribution is 0.800. The summed E-state index contributed by atoms with van der Waals surface area (Å²) in [5.41, 5.74) is 3.18. The van der Waals surface area contributed by atoms with Gasteiger partial charge >= 0.3 is 0 Å². The van der Waals surface area contributed by atoms with E-state index in [-0.39, 0.29) is 0 Å². The average Bonchev–Trinajstić information content (AvgIpc) is 2.77. The van der Waals surface area contributed by atoms with Gasteiger partial charge in [-0.25, -0.2) is 4.68 Å². The van der Waals surface area contributed by atoms with Gasteiger partial charge in [0.1, 0.15) is 11.3 Å². The van der Waals surface area contributed by atoms with Gasteiger partial charge in [0.2, 0.25) is 0 Å². The van der Waals surface area contributed by atoms with Crippen LogP contribution in [0.5, 0.6) is 0 Å². The van der Waals surface area contributed by atoms with Crippen molar-refractivity contribution < 1.29 is 0 Å².